The summed E-state index contributed by atoms with van der Waals surface area (Å²) in [5.41, 5.74) is 1.62. The second-order valence-corrected chi connectivity index (χ2v) is 9.24. The molecule has 2 aliphatic rings. The number of hydrogen-bond donors (Lipinski definition) is 2. The van der Waals surface area contributed by atoms with Crippen LogP contribution in [0.3, 0.4) is 0 Å². The molecule has 2 fully saturated rings. The monoisotopic (exact) mass is 494 g/mol. The highest BCUT2D eigenvalue weighted by Crippen LogP contribution is 2.41. The third-order valence-electron chi connectivity index (χ3n) is 6.59. The van der Waals surface area contributed by atoms with Gasteiger partial charge >= 0.3 is 0 Å². The number of amides is 1. The molecule has 0 aliphatic carbocycles. The van der Waals surface area contributed by atoms with E-state index in [4.69, 9.17) is 9.47 Å². The fraction of sp³-hybridized carbons (Fsp3) is 0.429. The molecule has 8 heteroatoms. The Hall–Kier alpha value is -3.36. The van der Waals surface area contributed by atoms with Crippen LogP contribution in [0.5, 0.6) is 11.5 Å². The molecular weight excluding hydrogens is 460 g/mol. The van der Waals surface area contributed by atoms with Gasteiger partial charge < -0.3 is 24.6 Å². The zero-order valence-electron chi connectivity index (χ0n) is 20.9. The molecule has 0 radical (unpaired) electrons. The fourth-order valence-electron chi connectivity index (χ4n) is 4.70. The number of aromatic hydroxyl groups is 1. The molecule has 2 heterocycles. The van der Waals surface area contributed by atoms with Crippen LogP contribution >= 0.6 is 0 Å². The number of carbonyl (C=O) groups excluding carboxylic acids is 2. The van der Waals surface area contributed by atoms with Gasteiger partial charge in [-0.25, -0.2) is 0 Å². The number of phenolic OH excluding ortho intramolecular Hbond substituents is 1. The third-order valence-corrected chi connectivity index (χ3v) is 6.59. The number of phenols is 1. The Balaban J connectivity index is 1.68. The first-order valence-electron chi connectivity index (χ1n) is 12.5. The zero-order chi connectivity index (χ0) is 25.7. The number of nitrogens with zero attached hydrogens (tertiary/aromatic N) is 2. The van der Waals surface area contributed by atoms with Crippen molar-refractivity contribution >= 4 is 17.4 Å². The van der Waals surface area contributed by atoms with Crippen LogP contribution in [0.1, 0.15) is 42.5 Å². The standard InChI is InChI=1S/C28H34N2O6/c1-3-15-36-21-8-6-20(7-9-21)25-24(26(32)22-18-19(2)5-10-23(22)31)27(33)28(34)30(25)12-4-11-29-13-16-35-17-14-29/h5-10,18,25,31-32H,3-4,11-17H2,1-2H3/b26-24+. The first-order chi connectivity index (χ1) is 17.4. The van der Waals surface area contributed by atoms with Gasteiger partial charge in [-0.05, 0) is 49.6 Å². The molecule has 2 saturated heterocycles. The quantitative estimate of drug-likeness (QED) is 0.312. The first-order valence-corrected chi connectivity index (χ1v) is 12.5. The van der Waals surface area contributed by atoms with Crippen molar-refractivity contribution in [2.45, 2.75) is 32.7 Å². The number of ether oxygens (including phenoxy) is 2. The molecule has 1 amide bonds. The van der Waals surface area contributed by atoms with Gasteiger partial charge in [0.1, 0.15) is 17.3 Å². The topological polar surface area (TPSA) is 99.5 Å². The maximum absolute atomic E-state index is 13.2. The molecule has 2 aromatic rings. The number of morpholine rings is 1. The lowest BCUT2D eigenvalue weighted by atomic mass is 9.94. The van der Waals surface area contributed by atoms with Gasteiger partial charge in [-0.2, -0.15) is 0 Å². The number of likely N-dealkylation sites (tertiary alicyclic amines) is 1. The summed E-state index contributed by atoms with van der Waals surface area (Å²) in [4.78, 5) is 30.2. The number of hydrogen-bond acceptors (Lipinski definition) is 7. The normalized spacial score (nSPS) is 20.2. The largest absolute Gasteiger partial charge is 0.507 e. The summed E-state index contributed by atoms with van der Waals surface area (Å²) in [6, 6.07) is 11.3. The maximum Gasteiger partial charge on any atom is 0.295 e. The molecule has 1 atom stereocenters. The van der Waals surface area contributed by atoms with Gasteiger partial charge in [0.2, 0.25) is 0 Å². The summed E-state index contributed by atoms with van der Waals surface area (Å²) in [7, 11) is 0. The van der Waals surface area contributed by atoms with E-state index < -0.39 is 17.7 Å². The predicted molar refractivity (Wildman–Crippen MR) is 136 cm³/mol. The van der Waals surface area contributed by atoms with E-state index in [9.17, 15) is 19.8 Å². The molecule has 192 valence electrons. The molecule has 0 saturated carbocycles. The second kappa shape index (κ2) is 11.6. The van der Waals surface area contributed by atoms with Crippen molar-refractivity contribution in [1.82, 2.24) is 9.80 Å². The van der Waals surface area contributed by atoms with Crippen LogP contribution < -0.4 is 4.74 Å². The number of ketones is 1. The van der Waals surface area contributed by atoms with Crippen LogP contribution in [-0.4, -0.2) is 77.7 Å². The number of rotatable bonds is 9. The van der Waals surface area contributed by atoms with Crippen LogP contribution in [0.25, 0.3) is 5.76 Å². The number of aryl methyl sites for hydroxylation is 1. The van der Waals surface area contributed by atoms with E-state index in [1.54, 1.807) is 12.1 Å². The molecule has 4 rings (SSSR count). The number of aliphatic hydroxyl groups is 1. The predicted octanol–water partition coefficient (Wildman–Crippen LogP) is 3.63. The zero-order valence-corrected chi connectivity index (χ0v) is 20.9. The molecule has 0 bridgehead atoms. The summed E-state index contributed by atoms with van der Waals surface area (Å²) in [5.74, 6) is -1.24. The van der Waals surface area contributed by atoms with E-state index in [0.29, 0.717) is 44.1 Å². The number of carbonyl (C=O) groups is 2. The van der Waals surface area contributed by atoms with Gasteiger partial charge in [0.25, 0.3) is 11.7 Å². The highest BCUT2D eigenvalue weighted by atomic mass is 16.5. The van der Waals surface area contributed by atoms with Crippen LogP contribution in [0.2, 0.25) is 0 Å². The van der Waals surface area contributed by atoms with Gasteiger partial charge in [-0.3, -0.25) is 14.5 Å². The average Bonchev–Trinajstić information content (AvgIpc) is 3.14. The Kier molecular flexibility index (Phi) is 8.28. The molecule has 2 N–H and O–H groups in total. The first kappa shape index (κ1) is 25.7. The highest BCUT2D eigenvalue weighted by Gasteiger charge is 2.46. The summed E-state index contributed by atoms with van der Waals surface area (Å²) in [6.45, 7) is 8.65. The molecule has 0 aromatic heterocycles. The minimum absolute atomic E-state index is 0.0190. The second-order valence-electron chi connectivity index (χ2n) is 9.24. The molecule has 1 unspecified atom stereocenters. The smallest absolute Gasteiger partial charge is 0.295 e. The molecular formula is C28H34N2O6. The minimum Gasteiger partial charge on any atom is -0.507 e. The number of aliphatic hydroxyl groups excluding tert-OH is 1. The summed E-state index contributed by atoms with van der Waals surface area (Å²) >= 11 is 0. The highest BCUT2D eigenvalue weighted by molar-refractivity contribution is 6.46. The third kappa shape index (κ3) is 5.55. The maximum atomic E-state index is 13.2. The fourth-order valence-corrected chi connectivity index (χ4v) is 4.70. The van der Waals surface area contributed by atoms with Crippen molar-refractivity contribution in [2.75, 3.05) is 46.0 Å². The van der Waals surface area contributed by atoms with Crippen LogP contribution in [-0.2, 0) is 14.3 Å². The van der Waals surface area contributed by atoms with Crippen LogP contribution in [0.4, 0.5) is 0 Å². The Bertz CT molecular complexity index is 1120. The van der Waals surface area contributed by atoms with E-state index in [-0.39, 0.29) is 22.6 Å². The van der Waals surface area contributed by atoms with E-state index >= 15 is 0 Å². The summed E-state index contributed by atoms with van der Waals surface area (Å²) in [6.07, 6.45) is 1.56. The van der Waals surface area contributed by atoms with Crippen molar-refractivity contribution < 1.29 is 29.3 Å². The Morgan fingerprint density at radius 3 is 2.50 bits per heavy atom. The van der Waals surface area contributed by atoms with Crippen molar-refractivity contribution in [3.8, 4) is 11.5 Å². The lowest BCUT2D eigenvalue weighted by Crippen LogP contribution is -2.38. The Morgan fingerprint density at radius 1 is 1.08 bits per heavy atom. The van der Waals surface area contributed by atoms with Gasteiger partial charge in [0.05, 0.1) is 37.0 Å². The SMILES string of the molecule is CCCOc1ccc(C2/C(=C(\O)c3cc(C)ccc3O)C(=O)C(=O)N2CCCN2CCOCC2)cc1. The Morgan fingerprint density at radius 2 is 1.81 bits per heavy atom. The van der Waals surface area contributed by atoms with E-state index in [1.165, 1.54) is 11.0 Å². The van der Waals surface area contributed by atoms with Crippen molar-refractivity contribution in [3.63, 3.8) is 0 Å². The van der Waals surface area contributed by atoms with E-state index in [1.807, 2.05) is 38.1 Å². The summed E-state index contributed by atoms with van der Waals surface area (Å²) in [5, 5.41) is 21.6. The lowest BCUT2D eigenvalue weighted by molar-refractivity contribution is -0.140. The lowest BCUT2D eigenvalue weighted by Gasteiger charge is -2.29. The van der Waals surface area contributed by atoms with Crippen molar-refractivity contribution in [1.29, 1.82) is 0 Å². The van der Waals surface area contributed by atoms with Gasteiger partial charge in [0, 0.05) is 26.2 Å². The average molecular weight is 495 g/mol. The molecule has 2 aromatic carbocycles. The minimum atomic E-state index is -0.769. The molecule has 0 spiro atoms. The molecule has 8 nitrogen and oxygen atoms in total. The number of benzene rings is 2. The van der Waals surface area contributed by atoms with Crippen molar-refractivity contribution in [3.05, 3.63) is 64.7 Å². The number of Topliss-reactive ketones (excluding diaryl/α,β-unsaturated/α-hetero) is 1. The van der Waals surface area contributed by atoms with Gasteiger partial charge in [-0.1, -0.05) is 30.7 Å². The summed E-state index contributed by atoms with van der Waals surface area (Å²) < 4.78 is 11.1. The molecule has 2 aliphatic heterocycles. The van der Waals surface area contributed by atoms with Gasteiger partial charge in [0.15, 0.2) is 0 Å². The van der Waals surface area contributed by atoms with Crippen LogP contribution in [0.15, 0.2) is 48.0 Å². The van der Waals surface area contributed by atoms with E-state index in [2.05, 4.69) is 4.90 Å². The Labute approximate surface area is 211 Å². The van der Waals surface area contributed by atoms with E-state index in [0.717, 1.165) is 31.6 Å². The van der Waals surface area contributed by atoms with Crippen molar-refractivity contribution in [2.24, 2.45) is 0 Å². The molecule has 36 heavy (non-hydrogen) atoms. The van der Waals surface area contributed by atoms with Gasteiger partial charge in [-0.15, -0.1) is 0 Å². The van der Waals surface area contributed by atoms with Crippen LogP contribution in [0, 0.1) is 6.92 Å².